The fourth-order valence-electron chi connectivity index (χ4n) is 3.08. The summed E-state index contributed by atoms with van der Waals surface area (Å²) in [6, 6.07) is 0. The average Bonchev–Trinajstić information content (AvgIpc) is 2.93. The number of hydrogen-bond acceptors (Lipinski definition) is 6. The molecule has 0 saturated carbocycles. The number of piperidine rings is 1. The lowest BCUT2D eigenvalue weighted by atomic mass is 9.86. The normalized spacial score (nSPS) is 23.4. The zero-order valence-corrected chi connectivity index (χ0v) is 14.3. The van der Waals surface area contributed by atoms with E-state index in [9.17, 15) is 9.59 Å². The molecule has 23 heavy (non-hydrogen) atoms. The topological polar surface area (TPSA) is 100 Å². The summed E-state index contributed by atoms with van der Waals surface area (Å²) in [5.41, 5.74) is 5.45. The molecule has 2 saturated heterocycles. The van der Waals surface area contributed by atoms with E-state index in [4.69, 9.17) is 5.73 Å². The lowest BCUT2D eigenvalue weighted by molar-refractivity contribution is -0.128. The van der Waals surface area contributed by atoms with E-state index in [0.29, 0.717) is 43.3 Å². The molecule has 2 fully saturated rings. The van der Waals surface area contributed by atoms with Crippen LogP contribution in [-0.2, 0) is 4.79 Å². The van der Waals surface area contributed by atoms with Crippen LogP contribution in [0.3, 0.4) is 0 Å². The molecule has 0 aliphatic carbocycles. The van der Waals surface area contributed by atoms with Gasteiger partial charge in [0.2, 0.25) is 5.91 Å². The monoisotopic (exact) mass is 337 g/mol. The van der Waals surface area contributed by atoms with Gasteiger partial charge in [0.15, 0.2) is 5.13 Å². The van der Waals surface area contributed by atoms with Crippen molar-refractivity contribution in [2.75, 3.05) is 31.9 Å². The summed E-state index contributed by atoms with van der Waals surface area (Å²) >= 11 is 1.26. The first-order valence-electron chi connectivity index (χ1n) is 7.85. The third-order valence-corrected chi connectivity index (χ3v) is 5.39. The van der Waals surface area contributed by atoms with Crippen LogP contribution < -0.4 is 16.4 Å². The first-order chi connectivity index (χ1) is 10.8. The molecular weight excluding hydrogens is 314 g/mol. The number of anilines is 1. The van der Waals surface area contributed by atoms with Crippen molar-refractivity contribution < 1.29 is 9.59 Å². The van der Waals surface area contributed by atoms with Crippen molar-refractivity contribution in [2.24, 2.45) is 5.41 Å². The van der Waals surface area contributed by atoms with Crippen LogP contribution in [0, 0.1) is 5.41 Å². The molecule has 4 N–H and O–H groups in total. The lowest BCUT2D eigenvalue weighted by Crippen LogP contribution is -2.61. The molecule has 0 aromatic carbocycles. The first-order valence-corrected chi connectivity index (χ1v) is 8.73. The largest absolute Gasteiger partial charge is 0.375 e. The minimum atomic E-state index is -0.564. The fourth-order valence-corrected chi connectivity index (χ4v) is 3.62. The molecule has 1 aromatic rings. The molecule has 0 atom stereocenters. The molecule has 2 aliphatic rings. The van der Waals surface area contributed by atoms with Crippen molar-refractivity contribution in [3.05, 3.63) is 11.1 Å². The van der Waals surface area contributed by atoms with Crippen LogP contribution in [-0.4, -0.2) is 53.4 Å². The average molecular weight is 337 g/mol. The fraction of sp³-hybridized carbons (Fsp3) is 0.667. The Bertz CT molecular complexity index is 619. The van der Waals surface area contributed by atoms with Gasteiger partial charge >= 0.3 is 0 Å². The summed E-state index contributed by atoms with van der Waals surface area (Å²) in [5.74, 6) is -0.0600. The van der Waals surface area contributed by atoms with Crippen LogP contribution in [0.1, 0.15) is 37.2 Å². The number of hydrogen-bond donors (Lipinski definition) is 3. The van der Waals surface area contributed by atoms with E-state index >= 15 is 0 Å². The maximum atomic E-state index is 12.5. The van der Waals surface area contributed by atoms with Gasteiger partial charge in [-0.15, -0.1) is 11.3 Å². The van der Waals surface area contributed by atoms with Crippen molar-refractivity contribution in [1.29, 1.82) is 0 Å². The van der Waals surface area contributed by atoms with Gasteiger partial charge in [-0.1, -0.05) is 13.8 Å². The highest BCUT2D eigenvalue weighted by atomic mass is 32.1. The van der Waals surface area contributed by atoms with Gasteiger partial charge in [0.1, 0.15) is 11.2 Å². The molecule has 3 rings (SSSR count). The second-order valence-electron chi connectivity index (χ2n) is 7.15. The van der Waals surface area contributed by atoms with Crippen LogP contribution in [0.5, 0.6) is 0 Å². The predicted octanol–water partition coefficient (Wildman–Crippen LogP) is 0.446. The highest BCUT2D eigenvalue weighted by Crippen LogP contribution is 2.28. The molecule has 126 valence electrons. The zero-order chi connectivity index (χ0) is 16.7. The maximum absolute atomic E-state index is 12.5. The third-order valence-electron chi connectivity index (χ3n) is 4.71. The molecule has 1 spiro atoms. The molecule has 7 nitrogen and oxygen atoms in total. The van der Waals surface area contributed by atoms with Gasteiger partial charge in [0.25, 0.3) is 5.91 Å². The number of nitrogen functional groups attached to an aromatic ring is 1. The summed E-state index contributed by atoms with van der Waals surface area (Å²) < 4.78 is 0. The maximum Gasteiger partial charge on any atom is 0.273 e. The van der Waals surface area contributed by atoms with E-state index in [-0.39, 0.29) is 17.2 Å². The summed E-state index contributed by atoms with van der Waals surface area (Å²) in [6.07, 6.45) is 1.22. The van der Waals surface area contributed by atoms with E-state index in [1.54, 1.807) is 10.3 Å². The van der Waals surface area contributed by atoms with Gasteiger partial charge in [-0.2, -0.15) is 0 Å². The summed E-state index contributed by atoms with van der Waals surface area (Å²) in [5, 5.41) is 8.58. The molecule has 2 amide bonds. The van der Waals surface area contributed by atoms with E-state index in [0.717, 1.165) is 6.54 Å². The van der Waals surface area contributed by atoms with Crippen molar-refractivity contribution in [2.45, 2.75) is 32.2 Å². The number of amides is 2. The van der Waals surface area contributed by atoms with Gasteiger partial charge in [-0.05, 0) is 18.3 Å². The standard InChI is InChI=1S/C15H23N5O2S/c1-14(2)8-17-12(22)15(18-9-14)3-5-20(6-4-15)11(21)10-7-23-13(16)19-10/h7,18H,3-6,8-9H2,1-2H3,(H2,16,19)(H,17,22). The number of rotatable bonds is 1. The van der Waals surface area contributed by atoms with Crippen LogP contribution in [0.25, 0.3) is 0 Å². The zero-order valence-electron chi connectivity index (χ0n) is 13.5. The number of nitrogens with one attached hydrogen (secondary N) is 2. The number of nitrogens with two attached hydrogens (primary N) is 1. The van der Waals surface area contributed by atoms with E-state index in [2.05, 4.69) is 29.5 Å². The first kappa shape index (κ1) is 16.2. The van der Waals surface area contributed by atoms with Gasteiger partial charge in [-0.3, -0.25) is 9.59 Å². The molecule has 1 aromatic heterocycles. The predicted molar refractivity (Wildman–Crippen MR) is 89.2 cm³/mol. The number of thiazole rings is 1. The second-order valence-corrected chi connectivity index (χ2v) is 8.04. The van der Waals surface area contributed by atoms with Crippen LogP contribution in [0.15, 0.2) is 5.38 Å². The van der Waals surface area contributed by atoms with Crippen LogP contribution in [0.4, 0.5) is 5.13 Å². The Labute approximate surface area is 139 Å². The molecule has 0 unspecified atom stereocenters. The Morgan fingerprint density at radius 3 is 2.65 bits per heavy atom. The Balaban J connectivity index is 1.67. The SMILES string of the molecule is CC1(C)CNC(=O)C2(CCN(C(=O)c3csc(N)n3)CC2)NC1. The Morgan fingerprint density at radius 1 is 1.35 bits per heavy atom. The van der Waals surface area contributed by atoms with E-state index in [1.807, 2.05) is 0 Å². The minimum Gasteiger partial charge on any atom is -0.375 e. The number of carbonyl (C=O) groups excluding carboxylic acids is 2. The molecule has 8 heteroatoms. The summed E-state index contributed by atoms with van der Waals surface area (Å²) in [7, 11) is 0. The molecular formula is C15H23N5O2S. The van der Waals surface area contributed by atoms with E-state index < -0.39 is 5.54 Å². The number of aromatic nitrogens is 1. The smallest absolute Gasteiger partial charge is 0.273 e. The van der Waals surface area contributed by atoms with Gasteiger partial charge in [-0.25, -0.2) is 4.98 Å². The lowest BCUT2D eigenvalue weighted by Gasteiger charge is -2.40. The summed E-state index contributed by atoms with van der Waals surface area (Å²) in [4.78, 5) is 30.8. The number of carbonyl (C=O) groups is 2. The Kier molecular flexibility index (Phi) is 4.05. The van der Waals surface area contributed by atoms with Crippen LogP contribution in [0.2, 0.25) is 0 Å². The summed E-state index contributed by atoms with van der Waals surface area (Å²) in [6.45, 7) is 6.78. The molecule has 0 radical (unpaired) electrons. The highest BCUT2D eigenvalue weighted by Gasteiger charge is 2.45. The second kappa shape index (κ2) is 5.76. The molecule has 2 aliphatic heterocycles. The van der Waals surface area contributed by atoms with Gasteiger partial charge < -0.3 is 21.3 Å². The van der Waals surface area contributed by atoms with Gasteiger partial charge in [0.05, 0.1) is 0 Å². The third kappa shape index (κ3) is 3.18. The van der Waals surface area contributed by atoms with Crippen molar-refractivity contribution in [3.63, 3.8) is 0 Å². The molecule has 3 heterocycles. The Morgan fingerprint density at radius 2 is 2.04 bits per heavy atom. The highest BCUT2D eigenvalue weighted by molar-refractivity contribution is 7.13. The number of likely N-dealkylation sites (tertiary alicyclic amines) is 1. The quantitative estimate of drug-likeness (QED) is 0.691. The Hall–Kier alpha value is -1.67. The minimum absolute atomic E-state index is 0.0320. The van der Waals surface area contributed by atoms with Crippen molar-refractivity contribution in [1.82, 2.24) is 20.5 Å². The van der Waals surface area contributed by atoms with Crippen molar-refractivity contribution in [3.8, 4) is 0 Å². The van der Waals surface area contributed by atoms with Crippen LogP contribution >= 0.6 is 11.3 Å². The molecule has 0 bridgehead atoms. The van der Waals surface area contributed by atoms with E-state index in [1.165, 1.54) is 11.3 Å². The van der Waals surface area contributed by atoms with Crippen molar-refractivity contribution >= 4 is 28.3 Å². The number of nitrogens with zero attached hydrogens (tertiary/aromatic N) is 2. The van der Waals surface area contributed by atoms with Gasteiger partial charge in [0, 0.05) is 31.6 Å².